The third-order valence-electron chi connectivity index (χ3n) is 5.16. The highest BCUT2D eigenvalue weighted by atomic mass is 32.2. The van der Waals surface area contributed by atoms with Crippen molar-refractivity contribution < 1.29 is 8.60 Å². The number of pyridine rings is 1. The van der Waals surface area contributed by atoms with Gasteiger partial charge in [0.25, 0.3) is 0 Å². The molecule has 26 heavy (non-hydrogen) atoms. The van der Waals surface area contributed by atoms with Gasteiger partial charge in [-0.3, -0.25) is 4.98 Å². The Kier molecular flexibility index (Phi) is 5.86. The minimum absolute atomic E-state index is 0.205. The zero-order chi connectivity index (χ0) is 18.7. The van der Waals surface area contributed by atoms with Crippen molar-refractivity contribution in [2.45, 2.75) is 63.5 Å². The number of rotatable bonds is 4. The highest BCUT2D eigenvalue weighted by molar-refractivity contribution is 7.85. The Balaban J connectivity index is 1.62. The number of aromatic nitrogens is 1. The van der Waals surface area contributed by atoms with Gasteiger partial charge in [-0.2, -0.15) is 4.40 Å². The van der Waals surface area contributed by atoms with E-state index in [9.17, 15) is 8.60 Å². The van der Waals surface area contributed by atoms with Crippen LogP contribution in [0.4, 0.5) is 4.39 Å². The minimum Gasteiger partial charge on any atom is -0.256 e. The van der Waals surface area contributed by atoms with E-state index in [0.29, 0.717) is 11.8 Å². The summed E-state index contributed by atoms with van der Waals surface area (Å²) in [4.78, 5) is 4.36. The summed E-state index contributed by atoms with van der Waals surface area (Å²) in [6.07, 6.45) is 9.00. The largest absolute Gasteiger partial charge is 0.256 e. The molecule has 2 aromatic rings. The highest BCUT2D eigenvalue weighted by Gasteiger charge is 2.24. The lowest BCUT2D eigenvalue weighted by Gasteiger charge is -2.28. The van der Waals surface area contributed by atoms with Crippen molar-refractivity contribution >= 4 is 28.1 Å². The van der Waals surface area contributed by atoms with E-state index < -0.39 is 11.0 Å². The predicted molar refractivity (Wildman–Crippen MR) is 107 cm³/mol. The van der Waals surface area contributed by atoms with Crippen LogP contribution in [0.2, 0.25) is 0 Å². The van der Waals surface area contributed by atoms with Crippen LogP contribution >= 0.6 is 0 Å². The molecule has 3 nitrogen and oxygen atoms in total. The summed E-state index contributed by atoms with van der Waals surface area (Å²) in [5.74, 6) is 0.847. The second-order valence-electron chi connectivity index (χ2n) is 8.16. The van der Waals surface area contributed by atoms with E-state index in [4.69, 9.17) is 0 Å². The molecule has 1 aliphatic rings. The van der Waals surface area contributed by atoms with Crippen LogP contribution in [0, 0.1) is 11.7 Å². The normalized spacial score (nSPS) is 22.8. The summed E-state index contributed by atoms with van der Waals surface area (Å²) in [5, 5.41) is 0.943. The molecule has 1 atom stereocenters. The average molecular weight is 375 g/mol. The van der Waals surface area contributed by atoms with Crippen LogP contribution in [0.5, 0.6) is 0 Å². The van der Waals surface area contributed by atoms with Crippen LogP contribution < -0.4 is 0 Å². The Morgan fingerprint density at radius 3 is 2.65 bits per heavy atom. The molecule has 0 radical (unpaired) electrons. The van der Waals surface area contributed by atoms with E-state index in [0.717, 1.165) is 43.0 Å². The van der Waals surface area contributed by atoms with Crippen molar-refractivity contribution in [3.8, 4) is 0 Å². The van der Waals surface area contributed by atoms with Crippen molar-refractivity contribution in [2.24, 2.45) is 10.3 Å². The van der Waals surface area contributed by atoms with E-state index in [1.54, 1.807) is 12.1 Å². The van der Waals surface area contributed by atoms with E-state index in [1.807, 2.05) is 39.2 Å². The van der Waals surface area contributed by atoms with Crippen LogP contribution in [0.25, 0.3) is 10.9 Å². The van der Waals surface area contributed by atoms with E-state index in [-0.39, 0.29) is 10.6 Å². The maximum absolute atomic E-state index is 13.7. The lowest BCUT2D eigenvalue weighted by molar-refractivity contribution is 0.336. The monoisotopic (exact) mass is 374 g/mol. The van der Waals surface area contributed by atoms with Crippen LogP contribution in [-0.4, -0.2) is 20.2 Å². The molecule has 0 aliphatic heterocycles. The second kappa shape index (κ2) is 7.95. The SMILES string of the molecule is CC(C)(C)[S@](=O)N=CCC1CCC(c2ccnc3ccc(F)cc23)CC1. The van der Waals surface area contributed by atoms with Gasteiger partial charge in [-0.1, -0.05) is 0 Å². The molecular formula is C21H27FN2OS. The van der Waals surface area contributed by atoms with Crippen LogP contribution in [0.3, 0.4) is 0 Å². The summed E-state index contributed by atoms with van der Waals surface area (Å²) in [6.45, 7) is 5.81. The molecule has 1 aromatic heterocycles. The Morgan fingerprint density at radius 2 is 1.96 bits per heavy atom. The first-order valence-corrected chi connectivity index (χ1v) is 10.4. The van der Waals surface area contributed by atoms with Gasteiger partial charge in [-0.05, 0) is 94.5 Å². The summed E-state index contributed by atoms with van der Waals surface area (Å²) >= 11 is 0. The number of hydrogen-bond donors (Lipinski definition) is 0. The number of benzene rings is 1. The van der Waals surface area contributed by atoms with Gasteiger partial charge in [0.05, 0.1) is 10.3 Å². The molecule has 140 valence electrons. The molecule has 0 saturated heterocycles. The van der Waals surface area contributed by atoms with Crippen molar-refractivity contribution in [1.82, 2.24) is 4.98 Å². The fourth-order valence-corrected chi connectivity index (χ4v) is 4.16. The summed E-state index contributed by atoms with van der Waals surface area (Å²) in [6, 6.07) is 6.88. The average Bonchev–Trinajstić information content (AvgIpc) is 2.61. The third-order valence-corrected chi connectivity index (χ3v) is 6.55. The van der Waals surface area contributed by atoms with Gasteiger partial charge in [0.1, 0.15) is 16.8 Å². The molecule has 1 aliphatic carbocycles. The fraction of sp³-hybridized carbons (Fsp3) is 0.524. The van der Waals surface area contributed by atoms with Crippen molar-refractivity contribution in [1.29, 1.82) is 0 Å². The molecule has 3 rings (SSSR count). The third kappa shape index (κ3) is 4.56. The van der Waals surface area contributed by atoms with Gasteiger partial charge in [0.2, 0.25) is 0 Å². The quantitative estimate of drug-likeness (QED) is 0.657. The maximum atomic E-state index is 13.7. The van der Waals surface area contributed by atoms with Gasteiger partial charge in [-0.15, -0.1) is 0 Å². The number of hydrogen-bond acceptors (Lipinski definition) is 2. The van der Waals surface area contributed by atoms with Gasteiger partial charge < -0.3 is 0 Å². The van der Waals surface area contributed by atoms with E-state index in [1.165, 1.54) is 11.6 Å². The summed E-state index contributed by atoms with van der Waals surface area (Å²) in [7, 11) is -1.17. The molecule has 1 aromatic carbocycles. The van der Waals surface area contributed by atoms with Crippen molar-refractivity contribution in [2.75, 3.05) is 0 Å². The number of nitrogens with zero attached hydrogens (tertiary/aromatic N) is 2. The predicted octanol–water partition coefficient (Wildman–Crippen LogP) is 5.57. The smallest absolute Gasteiger partial charge is 0.144 e. The Hall–Kier alpha value is -1.62. The highest BCUT2D eigenvalue weighted by Crippen LogP contribution is 2.39. The lowest BCUT2D eigenvalue weighted by atomic mass is 9.77. The molecular weight excluding hydrogens is 347 g/mol. The zero-order valence-corrected chi connectivity index (χ0v) is 16.6. The molecule has 0 unspecified atom stereocenters. The molecule has 1 saturated carbocycles. The van der Waals surface area contributed by atoms with Crippen LogP contribution in [-0.2, 0) is 11.0 Å². The fourth-order valence-electron chi connectivity index (χ4n) is 3.62. The van der Waals surface area contributed by atoms with Gasteiger partial charge in [0, 0.05) is 17.8 Å². The molecule has 1 fully saturated rings. The summed E-state index contributed by atoms with van der Waals surface area (Å²) in [5.41, 5.74) is 2.08. The van der Waals surface area contributed by atoms with Crippen molar-refractivity contribution in [3.05, 3.63) is 41.8 Å². The van der Waals surface area contributed by atoms with Gasteiger partial charge >= 0.3 is 0 Å². The molecule has 5 heteroatoms. The number of fused-ring (bicyclic) bond motifs is 1. The van der Waals surface area contributed by atoms with Gasteiger partial charge in [0.15, 0.2) is 0 Å². The van der Waals surface area contributed by atoms with E-state index in [2.05, 4.69) is 9.38 Å². The van der Waals surface area contributed by atoms with Crippen molar-refractivity contribution in [3.63, 3.8) is 0 Å². The molecule has 0 bridgehead atoms. The Bertz CT molecular complexity index is 820. The standard InChI is InChI=1S/C21H27FN2OS/c1-21(2,3)26(25)24-13-10-15-4-6-16(7-5-15)18-11-12-23-20-9-8-17(22)14-19(18)20/h8-9,11-16H,4-7,10H2,1-3H3/t15?,16?,26-/m0/s1. The summed E-state index contributed by atoms with van der Waals surface area (Å²) < 4.78 is 29.6. The molecule has 0 N–H and O–H groups in total. The first-order valence-electron chi connectivity index (χ1n) is 9.33. The molecule has 0 amide bonds. The van der Waals surface area contributed by atoms with Crippen LogP contribution in [0.15, 0.2) is 34.9 Å². The number of halogens is 1. The molecule has 0 spiro atoms. The van der Waals surface area contributed by atoms with Crippen LogP contribution in [0.1, 0.15) is 64.4 Å². The maximum Gasteiger partial charge on any atom is 0.144 e. The first kappa shape index (κ1) is 19.2. The topological polar surface area (TPSA) is 42.3 Å². The second-order valence-corrected chi connectivity index (χ2v) is 10.1. The lowest BCUT2D eigenvalue weighted by Crippen LogP contribution is -2.20. The zero-order valence-electron chi connectivity index (χ0n) is 15.7. The molecule has 1 heterocycles. The first-order chi connectivity index (χ1) is 12.3. The minimum atomic E-state index is -1.17. The Morgan fingerprint density at radius 1 is 1.23 bits per heavy atom. The van der Waals surface area contributed by atoms with Gasteiger partial charge in [-0.25, -0.2) is 8.60 Å². The Labute approximate surface area is 157 Å². The van der Waals surface area contributed by atoms with E-state index >= 15 is 0 Å².